The Balaban J connectivity index is 1.82. The number of hydrogen-bond donors (Lipinski definition) is 1. The molecule has 4 heteroatoms. The van der Waals surface area contributed by atoms with Crippen LogP contribution in [0, 0.1) is 11.3 Å². The lowest BCUT2D eigenvalue weighted by Crippen LogP contribution is -2.63. The van der Waals surface area contributed by atoms with Gasteiger partial charge in [0.25, 0.3) is 0 Å². The average molecular weight is 261 g/mol. The molecule has 2 heterocycles. The van der Waals surface area contributed by atoms with Crippen molar-refractivity contribution in [2.45, 2.75) is 32.4 Å². The van der Waals surface area contributed by atoms with Crippen molar-refractivity contribution >= 4 is 11.4 Å². The van der Waals surface area contributed by atoms with Gasteiger partial charge in [-0.2, -0.15) is 0 Å². The molecule has 0 amide bonds. The normalized spacial score (nSPS) is 31.5. The van der Waals surface area contributed by atoms with Crippen molar-refractivity contribution in [3.8, 4) is 0 Å². The molecule has 4 nitrogen and oxygen atoms in total. The number of aromatic nitrogens is 1. The zero-order valence-corrected chi connectivity index (χ0v) is 12.2. The van der Waals surface area contributed by atoms with E-state index in [1.165, 1.54) is 12.1 Å². The lowest BCUT2D eigenvalue weighted by Gasteiger charge is -2.55. The molecule has 1 saturated heterocycles. The van der Waals surface area contributed by atoms with Crippen LogP contribution in [0.25, 0.3) is 0 Å². The van der Waals surface area contributed by atoms with Crippen molar-refractivity contribution in [2.24, 2.45) is 11.3 Å². The van der Waals surface area contributed by atoms with Crippen molar-refractivity contribution in [1.82, 2.24) is 4.98 Å². The number of pyridine rings is 1. The number of hydrogen-bond acceptors (Lipinski definition) is 4. The third-order valence-corrected chi connectivity index (χ3v) is 4.69. The molecule has 3 unspecified atom stereocenters. The fourth-order valence-electron chi connectivity index (χ4n) is 3.67. The topological polar surface area (TPSA) is 37.4 Å². The van der Waals surface area contributed by atoms with E-state index in [2.05, 4.69) is 49.2 Å². The molecule has 3 rings (SSSR count). The number of nitrogens with one attached hydrogen (secondary N) is 1. The third-order valence-electron chi connectivity index (χ3n) is 4.69. The van der Waals surface area contributed by atoms with Crippen molar-refractivity contribution in [1.29, 1.82) is 0 Å². The highest BCUT2D eigenvalue weighted by Gasteiger charge is 2.59. The molecule has 0 bridgehead atoms. The van der Waals surface area contributed by atoms with Crippen LogP contribution in [-0.4, -0.2) is 37.8 Å². The van der Waals surface area contributed by atoms with E-state index >= 15 is 0 Å². The van der Waals surface area contributed by atoms with Gasteiger partial charge in [-0.05, 0) is 12.5 Å². The summed E-state index contributed by atoms with van der Waals surface area (Å²) in [5.74, 6) is 0.644. The Bertz CT molecular complexity index is 472. The molecule has 0 radical (unpaired) electrons. The van der Waals surface area contributed by atoms with Crippen LogP contribution in [0.5, 0.6) is 0 Å². The second kappa shape index (κ2) is 4.37. The molecule has 1 N–H and O–H groups in total. The van der Waals surface area contributed by atoms with E-state index in [0.29, 0.717) is 18.1 Å². The molecule has 1 saturated carbocycles. The first kappa shape index (κ1) is 12.7. The average Bonchev–Trinajstić information content (AvgIpc) is 2.83. The smallest absolute Gasteiger partial charge is 0.0766 e. The third kappa shape index (κ3) is 1.89. The first-order valence-electron chi connectivity index (χ1n) is 7.01. The van der Waals surface area contributed by atoms with Crippen LogP contribution in [0.3, 0.4) is 0 Å². The molecule has 104 valence electrons. The quantitative estimate of drug-likeness (QED) is 0.906. The van der Waals surface area contributed by atoms with E-state index < -0.39 is 0 Å². The number of nitrogens with zero attached hydrogens (tertiary/aromatic N) is 2. The van der Waals surface area contributed by atoms with Gasteiger partial charge in [-0.3, -0.25) is 4.98 Å². The summed E-state index contributed by atoms with van der Waals surface area (Å²) in [5.41, 5.74) is 2.50. The SMILES string of the molecule is CN(C)c1ccncc1NC1C2CCOC2C1(C)C. The lowest BCUT2D eigenvalue weighted by molar-refractivity contribution is -0.0923. The van der Waals surface area contributed by atoms with Crippen molar-refractivity contribution in [3.63, 3.8) is 0 Å². The van der Waals surface area contributed by atoms with E-state index in [4.69, 9.17) is 4.74 Å². The Hall–Kier alpha value is -1.29. The van der Waals surface area contributed by atoms with E-state index in [1.807, 2.05) is 12.4 Å². The van der Waals surface area contributed by atoms with Gasteiger partial charge in [0, 0.05) is 44.3 Å². The molecule has 2 aliphatic rings. The summed E-state index contributed by atoms with van der Waals surface area (Å²) in [7, 11) is 4.13. The maximum atomic E-state index is 5.85. The molecular formula is C15H23N3O. The lowest BCUT2D eigenvalue weighted by atomic mass is 9.57. The molecule has 1 aromatic heterocycles. The molecule has 3 atom stereocenters. The van der Waals surface area contributed by atoms with Gasteiger partial charge in [-0.1, -0.05) is 13.8 Å². The summed E-state index contributed by atoms with van der Waals surface area (Å²) in [6.45, 7) is 5.50. The van der Waals surface area contributed by atoms with Crippen LogP contribution in [-0.2, 0) is 4.74 Å². The molecule has 2 fully saturated rings. The second-order valence-electron chi connectivity index (χ2n) is 6.47. The van der Waals surface area contributed by atoms with Gasteiger partial charge in [-0.15, -0.1) is 0 Å². The second-order valence-corrected chi connectivity index (χ2v) is 6.47. The Labute approximate surface area is 115 Å². The first-order chi connectivity index (χ1) is 9.01. The Kier molecular flexibility index (Phi) is 2.93. The van der Waals surface area contributed by atoms with E-state index in [9.17, 15) is 0 Å². The van der Waals surface area contributed by atoms with Crippen LogP contribution in [0.15, 0.2) is 18.5 Å². The summed E-state index contributed by atoms with van der Waals surface area (Å²) < 4.78 is 5.85. The standard InChI is InChI=1S/C15H23N3O/c1-15(2)13(10-6-8-19-14(10)15)17-11-9-16-7-5-12(11)18(3)4/h5,7,9-10,13-14,17H,6,8H2,1-4H3. The maximum absolute atomic E-state index is 5.85. The molecule has 19 heavy (non-hydrogen) atoms. The summed E-state index contributed by atoms with van der Waals surface area (Å²) in [4.78, 5) is 6.38. The Morgan fingerprint density at radius 1 is 1.42 bits per heavy atom. The number of anilines is 2. The summed E-state index contributed by atoms with van der Waals surface area (Å²) >= 11 is 0. The van der Waals surface area contributed by atoms with Crippen LogP contribution < -0.4 is 10.2 Å². The fraction of sp³-hybridized carbons (Fsp3) is 0.667. The summed E-state index contributed by atoms with van der Waals surface area (Å²) in [5, 5.41) is 3.71. The Morgan fingerprint density at radius 2 is 2.21 bits per heavy atom. The molecule has 0 aromatic carbocycles. The van der Waals surface area contributed by atoms with Crippen molar-refractivity contribution in [3.05, 3.63) is 18.5 Å². The van der Waals surface area contributed by atoms with Gasteiger partial charge >= 0.3 is 0 Å². The van der Waals surface area contributed by atoms with Gasteiger partial charge in [0.1, 0.15) is 0 Å². The van der Waals surface area contributed by atoms with Gasteiger partial charge in [0.05, 0.1) is 23.7 Å². The maximum Gasteiger partial charge on any atom is 0.0766 e. The highest BCUT2D eigenvalue weighted by atomic mass is 16.5. The van der Waals surface area contributed by atoms with E-state index in [1.54, 1.807) is 0 Å². The highest BCUT2D eigenvalue weighted by molar-refractivity contribution is 5.68. The minimum Gasteiger partial charge on any atom is -0.378 e. The number of fused-ring (bicyclic) bond motifs is 1. The Morgan fingerprint density at radius 3 is 2.95 bits per heavy atom. The van der Waals surface area contributed by atoms with Crippen LogP contribution in [0.4, 0.5) is 11.4 Å². The molecule has 1 aromatic rings. The summed E-state index contributed by atoms with van der Waals surface area (Å²) in [6.07, 6.45) is 5.36. The zero-order chi connectivity index (χ0) is 13.6. The van der Waals surface area contributed by atoms with Crippen LogP contribution >= 0.6 is 0 Å². The zero-order valence-electron chi connectivity index (χ0n) is 12.2. The highest BCUT2D eigenvalue weighted by Crippen LogP contribution is 2.53. The van der Waals surface area contributed by atoms with E-state index in [0.717, 1.165) is 12.3 Å². The fourth-order valence-corrected chi connectivity index (χ4v) is 3.67. The number of rotatable bonds is 3. The molecular weight excluding hydrogens is 238 g/mol. The van der Waals surface area contributed by atoms with Crippen molar-refractivity contribution in [2.75, 3.05) is 30.9 Å². The van der Waals surface area contributed by atoms with Gasteiger partial charge in [-0.25, -0.2) is 0 Å². The monoisotopic (exact) mass is 261 g/mol. The van der Waals surface area contributed by atoms with Gasteiger partial charge in [0.2, 0.25) is 0 Å². The van der Waals surface area contributed by atoms with Crippen LogP contribution in [0.1, 0.15) is 20.3 Å². The van der Waals surface area contributed by atoms with Gasteiger partial charge in [0.15, 0.2) is 0 Å². The summed E-state index contributed by atoms with van der Waals surface area (Å²) in [6, 6.07) is 2.53. The first-order valence-corrected chi connectivity index (χ1v) is 7.01. The molecule has 0 spiro atoms. The van der Waals surface area contributed by atoms with Crippen molar-refractivity contribution < 1.29 is 4.74 Å². The molecule has 1 aliphatic carbocycles. The minimum atomic E-state index is 0.195. The van der Waals surface area contributed by atoms with E-state index in [-0.39, 0.29) is 5.41 Å². The van der Waals surface area contributed by atoms with Crippen LogP contribution in [0.2, 0.25) is 0 Å². The predicted molar refractivity (Wildman–Crippen MR) is 77.6 cm³/mol. The predicted octanol–water partition coefficient (Wildman–Crippen LogP) is 2.37. The van der Waals surface area contributed by atoms with Gasteiger partial charge < -0.3 is 15.0 Å². The largest absolute Gasteiger partial charge is 0.378 e. The number of ether oxygens (including phenoxy) is 1. The molecule has 1 aliphatic heterocycles. The minimum absolute atomic E-state index is 0.195.